The molecule has 0 aromatic carbocycles. The van der Waals surface area contributed by atoms with Gasteiger partial charge >= 0.3 is 0 Å². The summed E-state index contributed by atoms with van der Waals surface area (Å²) in [6.07, 6.45) is 9.16. The van der Waals surface area contributed by atoms with E-state index in [1.54, 1.807) is 0 Å². The van der Waals surface area contributed by atoms with Crippen LogP contribution in [0.5, 0.6) is 0 Å². The topological polar surface area (TPSA) is 34.1 Å². The molecule has 2 saturated carbocycles. The first-order valence-corrected chi connectivity index (χ1v) is 6.22. The Kier molecular flexibility index (Phi) is 5.59. The molecule has 2 aliphatic carbocycles. The lowest BCUT2D eigenvalue weighted by molar-refractivity contribution is -0.121. The predicted octanol–water partition coefficient (Wildman–Crippen LogP) is 3.29. The van der Waals surface area contributed by atoms with Crippen molar-refractivity contribution in [3.63, 3.8) is 0 Å². The monoisotopic (exact) mass is 210 g/mol. The summed E-state index contributed by atoms with van der Waals surface area (Å²) in [7, 11) is 0. The fourth-order valence-electron chi connectivity index (χ4n) is 2.03. The molecule has 0 unspecified atom stereocenters. The zero-order valence-electron chi connectivity index (χ0n) is 9.76. The zero-order valence-corrected chi connectivity index (χ0v) is 9.76. The summed E-state index contributed by atoms with van der Waals surface area (Å²) >= 11 is 0. The Bertz CT molecular complexity index is 203. The van der Waals surface area contributed by atoms with Gasteiger partial charge in [-0.2, -0.15) is 0 Å². The minimum atomic E-state index is 0.461. The first kappa shape index (κ1) is 12.4. The number of hydrogen-bond donors (Lipinski definition) is 0. The van der Waals surface area contributed by atoms with Gasteiger partial charge < -0.3 is 0 Å². The molecule has 0 aliphatic heterocycles. The van der Waals surface area contributed by atoms with Gasteiger partial charge in [0.05, 0.1) is 0 Å². The van der Waals surface area contributed by atoms with Crippen molar-refractivity contribution in [2.75, 3.05) is 0 Å². The molecule has 0 aromatic rings. The molecule has 2 nitrogen and oxygen atoms in total. The van der Waals surface area contributed by atoms with E-state index in [1.807, 2.05) is 0 Å². The third-order valence-corrected chi connectivity index (χ3v) is 3.24. The molecule has 0 radical (unpaired) electrons. The molecule has 15 heavy (non-hydrogen) atoms. The van der Waals surface area contributed by atoms with Crippen LogP contribution in [0.1, 0.15) is 64.7 Å². The van der Waals surface area contributed by atoms with Crippen molar-refractivity contribution in [2.45, 2.75) is 64.7 Å². The molecule has 2 aliphatic rings. The Hall–Kier alpha value is -0.660. The van der Waals surface area contributed by atoms with E-state index in [0.717, 1.165) is 57.3 Å². The van der Waals surface area contributed by atoms with Crippen molar-refractivity contribution in [3.8, 4) is 0 Å². The highest BCUT2D eigenvalue weighted by Gasteiger charge is 2.13. The predicted molar refractivity (Wildman–Crippen MR) is 60.7 cm³/mol. The molecule has 0 spiro atoms. The van der Waals surface area contributed by atoms with E-state index in [-0.39, 0.29) is 0 Å². The Labute approximate surface area is 92.4 Å². The third-order valence-electron chi connectivity index (χ3n) is 3.24. The Balaban J connectivity index is 0.000000151. The van der Waals surface area contributed by atoms with E-state index in [2.05, 4.69) is 6.92 Å². The molecule has 86 valence electrons. The van der Waals surface area contributed by atoms with Gasteiger partial charge in [-0.15, -0.1) is 0 Å². The van der Waals surface area contributed by atoms with Gasteiger partial charge in [0.2, 0.25) is 0 Å². The standard InChI is InChI=1S/C7H12O.C6H10O/c1-6-2-4-7(8)5-3-6;7-6-4-2-1-3-5-6/h6H,2-5H2,1H3;1-5H2. The van der Waals surface area contributed by atoms with Gasteiger partial charge in [0, 0.05) is 25.7 Å². The molecule has 0 atom stereocenters. The van der Waals surface area contributed by atoms with Crippen LogP contribution < -0.4 is 0 Å². The molecule has 2 fully saturated rings. The van der Waals surface area contributed by atoms with Crippen molar-refractivity contribution < 1.29 is 9.59 Å². The maximum absolute atomic E-state index is 10.6. The van der Waals surface area contributed by atoms with E-state index >= 15 is 0 Å². The summed E-state index contributed by atoms with van der Waals surface area (Å²) in [5.41, 5.74) is 0. The van der Waals surface area contributed by atoms with Crippen molar-refractivity contribution >= 4 is 11.6 Å². The zero-order chi connectivity index (χ0) is 11.1. The second-order valence-corrected chi connectivity index (χ2v) is 4.82. The summed E-state index contributed by atoms with van der Waals surface area (Å²) in [4.78, 5) is 21.1. The maximum atomic E-state index is 10.6. The number of rotatable bonds is 0. The van der Waals surface area contributed by atoms with E-state index < -0.39 is 0 Å². The summed E-state index contributed by atoms with van der Waals surface area (Å²) in [6, 6.07) is 0. The highest BCUT2D eigenvalue weighted by atomic mass is 16.1. The average Bonchev–Trinajstić information content (AvgIpc) is 2.25. The normalized spacial score (nSPS) is 23.3. The molecule has 0 N–H and O–H groups in total. The number of hydrogen-bond acceptors (Lipinski definition) is 2. The van der Waals surface area contributed by atoms with E-state index in [4.69, 9.17) is 0 Å². The molecule has 0 heterocycles. The van der Waals surface area contributed by atoms with Crippen molar-refractivity contribution in [2.24, 2.45) is 5.92 Å². The lowest BCUT2D eigenvalue weighted by atomic mass is 9.90. The van der Waals surface area contributed by atoms with Crippen LogP contribution in [0.15, 0.2) is 0 Å². The van der Waals surface area contributed by atoms with Crippen LogP contribution in [-0.2, 0) is 9.59 Å². The number of carbonyl (C=O) groups excluding carboxylic acids is 2. The largest absolute Gasteiger partial charge is 0.300 e. The third kappa shape index (κ3) is 5.71. The molecule has 0 amide bonds. The van der Waals surface area contributed by atoms with Crippen LogP contribution in [0.2, 0.25) is 0 Å². The van der Waals surface area contributed by atoms with Gasteiger partial charge in [0.25, 0.3) is 0 Å². The molecule has 2 rings (SSSR count). The Morgan fingerprint density at radius 2 is 1.27 bits per heavy atom. The Morgan fingerprint density at radius 3 is 1.60 bits per heavy atom. The fraction of sp³-hybridized carbons (Fsp3) is 0.846. The molecule has 0 aromatic heterocycles. The summed E-state index contributed by atoms with van der Waals surface area (Å²) in [6.45, 7) is 2.21. The SMILES string of the molecule is CC1CCC(=O)CC1.O=C1CCCCC1. The lowest BCUT2D eigenvalue weighted by Crippen LogP contribution is -2.10. The summed E-state index contributed by atoms with van der Waals surface area (Å²) in [5, 5.41) is 0. The minimum Gasteiger partial charge on any atom is -0.300 e. The van der Waals surface area contributed by atoms with Crippen LogP contribution in [0, 0.1) is 5.92 Å². The number of carbonyl (C=O) groups is 2. The van der Waals surface area contributed by atoms with Gasteiger partial charge in [-0.1, -0.05) is 13.3 Å². The molecule has 0 saturated heterocycles. The number of ketones is 2. The smallest absolute Gasteiger partial charge is 0.132 e. The Morgan fingerprint density at radius 1 is 0.800 bits per heavy atom. The maximum Gasteiger partial charge on any atom is 0.132 e. The molecule has 2 heteroatoms. The van der Waals surface area contributed by atoms with Crippen LogP contribution in [0.4, 0.5) is 0 Å². The van der Waals surface area contributed by atoms with E-state index in [0.29, 0.717) is 11.6 Å². The first-order chi connectivity index (χ1) is 7.18. The average molecular weight is 210 g/mol. The second kappa shape index (κ2) is 6.76. The van der Waals surface area contributed by atoms with Crippen molar-refractivity contribution in [1.29, 1.82) is 0 Å². The molecular formula is C13H22O2. The van der Waals surface area contributed by atoms with Gasteiger partial charge in [-0.3, -0.25) is 9.59 Å². The van der Waals surface area contributed by atoms with Gasteiger partial charge in [0.1, 0.15) is 11.6 Å². The van der Waals surface area contributed by atoms with Gasteiger partial charge in [-0.25, -0.2) is 0 Å². The quantitative estimate of drug-likeness (QED) is 0.615. The van der Waals surface area contributed by atoms with Crippen LogP contribution in [0.3, 0.4) is 0 Å². The summed E-state index contributed by atoms with van der Waals surface area (Å²) in [5.74, 6) is 1.72. The van der Waals surface area contributed by atoms with Crippen LogP contribution >= 0.6 is 0 Å². The van der Waals surface area contributed by atoms with E-state index in [9.17, 15) is 9.59 Å². The van der Waals surface area contributed by atoms with Crippen molar-refractivity contribution in [3.05, 3.63) is 0 Å². The first-order valence-electron chi connectivity index (χ1n) is 6.22. The highest BCUT2D eigenvalue weighted by Crippen LogP contribution is 2.19. The van der Waals surface area contributed by atoms with E-state index in [1.165, 1.54) is 6.42 Å². The van der Waals surface area contributed by atoms with Crippen LogP contribution in [0.25, 0.3) is 0 Å². The second-order valence-electron chi connectivity index (χ2n) is 4.82. The van der Waals surface area contributed by atoms with Gasteiger partial charge in [0.15, 0.2) is 0 Å². The minimum absolute atomic E-state index is 0.461. The highest BCUT2D eigenvalue weighted by molar-refractivity contribution is 5.79. The van der Waals surface area contributed by atoms with Gasteiger partial charge in [-0.05, 0) is 31.6 Å². The lowest BCUT2D eigenvalue weighted by Gasteiger charge is -2.14. The molecule has 0 bridgehead atoms. The van der Waals surface area contributed by atoms with Crippen LogP contribution in [-0.4, -0.2) is 11.6 Å². The molecular weight excluding hydrogens is 188 g/mol. The fourth-order valence-corrected chi connectivity index (χ4v) is 2.03. The number of Topliss-reactive ketones (excluding diaryl/α,β-unsaturated/α-hetero) is 2. The van der Waals surface area contributed by atoms with Crippen molar-refractivity contribution in [1.82, 2.24) is 0 Å². The summed E-state index contributed by atoms with van der Waals surface area (Å²) < 4.78 is 0.